The minimum Gasteiger partial charge on any atom is -0.476 e. The van der Waals surface area contributed by atoms with Gasteiger partial charge in [-0.1, -0.05) is 0 Å². The molecule has 3 heterocycles. The Bertz CT molecular complexity index is 757. The molecule has 0 atom stereocenters. The Balaban J connectivity index is 1.85. The minimum atomic E-state index is -1.11. The van der Waals surface area contributed by atoms with Crippen molar-refractivity contribution < 1.29 is 19.4 Å². The first-order valence-electron chi connectivity index (χ1n) is 7.15. The summed E-state index contributed by atoms with van der Waals surface area (Å²) in [7, 11) is 0. The van der Waals surface area contributed by atoms with Gasteiger partial charge in [0.25, 0.3) is 0 Å². The van der Waals surface area contributed by atoms with Crippen LogP contribution < -0.4 is 0 Å². The second-order valence-corrected chi connectivity index (χ2v) is 5.00. The normalized spacial score (nSPS) is 13.5. The molecule has 1 aliphatic rings. The van der Waals surface area contributed by atoms with Crippen LogP contribution in [-0.4, -0.2) is 55.2 Å². The predicted octanol–water partition coefficient (Wildman–Crippen LogP) is 0.875. The standard InChI is InChI=1S/C14H15N5O4/c1-2-23-14(22)18-5-3-10-9(8-18)7-12(16-15-10)19-6-4-11(17-19)13(20)21/h4,6-7H,2-3,5,8H2,1H3,(H,20,21). The van der Waals surface area contributed by atoms with Gasteiger partial charge in [-0.15, -0.1) is 5.10 Å². The number of aromatic nitrogens is 4. The van der Waals surface area contributed by atoms with E-state index in [-0.39, 0.29) is 11.8 Å². The molecule has 3 rings (SSSR count). The number of carbonyl (C=O) groups excluding carboxylic acids is 1. The van der Waals surface area contributed by atoms with Crippen molar-refractivity contribution in [1.82, 2.24) is 24.9 Å². The summed E-state index contributed by atoms with van der Waals surface area (Å²) in [6.45, 7) is 3.00. The van der Waals surface area contributed by atoms with Crippen molar-refractivity contribution in [3.63, 3.8) is 0 Å². The van der Waals surface area contributed by atoms with Gasteiger partial charge in [0, 0.05) is 19.2 Å². The molecule has 0 radical (unpaired) electrons. The Morgan fingerprint density at radius 1 is 1.39 bits per heavy atom. The lowest BCUT2D eigenvalue weighted by atomic mass is 10.1. The van der Waals surface area contributed by atoms with Gasteiger partial charge in [-0.25, -0.2) is 14.3 Å². The van der Waals surface area contributed by atoms with Gasteiger partial charge < -0.3 is 14.7 Å². The topological polar surface area (TPSA) is 110 Å². The van der Waals surface area contributed by atoms with E-state index in [0.29, 0.717) is 31.9 Å². The van der Waals surface area contributed by atoms with E-state index in [2.05, 4.69) is 15.3 Å². The summed E-state index contributed by atoms with van der Waals surface area (Å²) in [4.78, 5) is 24.3. The van der Waals surface area contributed by atoms with Crippen molar-refractivity contribution in [1.29, 1.82) is 0 Å². The van der Waals surface area contributed by atoms with Crippen molar-refractivity contribution in [3.05, 3.63) is 35.3 Å². The van der Waals surface area contributed by atoms with Crippen molar-refractivity contribution in [2.75, 3.05) is 13.2 Å². The van der Waals surface area contributed by atoms with E-state index in [0.717, 1.165) is 11.3 Å². The molecule has 0 aliphatic carbocycles. The van der Waals surface area contributed by atoms with E-state index in [4.69, 9.17) is 9.84 Å². The summed E-state index contributed by atoms with van der Waals surface area (Å²) in [5, 5.41) is 21.1. The third kappa shape index (κ3) is 2.98. The number of fused-ring (bicyclic) bond motifs is 1. The quantitative estimate of drug-likeness (QED) is 0.894. The number of ether oxygens (including phenoxy) is 1. The first kappa shape index (κ1) is 14.9. The number of rotatable bonds is 3. The van der Waals surface area contributed by atoms with E-state index < -0.39 is 5.97 Å². The van der Waals surface area contributed by atoms with Crippen LogP contribution in [0, 0.1) is 0 Å². The van der Waals surface area contributed by atoms with Crippen molar-refractivity contribution in [2.45, 2.75) is 19.9 Å². The number of aromatic carboxylic acids is 1. The maximum absolute atomic E-state index is 11.8. The predicted molar refractivity (Wildman–Crippen MR) is 77.2 cm³/mol. The molecule has 0 spiro atoms. The number of hydrogen-bond donors (Lipinski definition) is 1. The molecule has 9 heteroatoms. The lowest BCUT2D eigenvalue weighted by Crippen LogP contribution is -2.37. The van der Waals surface area contributed by atoms with Crippen LogP contribution in [-0.2, 0) is 17.7 Å². The lowest BCUT2D eigenvalue weighted by molar-refractivity contribution is 0.0689. The third-order valence-electron chi connectivity index (χ3n) is 3.50. The molecular weight excluding hydrogens is 302 g/mol. The average molecular weight is 317 g/mol. The molecular formula is C14H15N5O4. The van der Waals surface area contributed by atoms with Gasteiger partial charge >= 0.3 is 12.1 Å². The molecule has 2 aromatic rings. The van der Waals surface area contributed by atoms with Gasteiger partial charge in [0.05, 0.1) is 18.8 Å². The maximum atomic E-state index is 11.8. The second kappa shape index (κ2) is 6.03. The Labute approximate surface area is 131 Å². The van der Waals surface area contributed by atoms with E-state index in [9.17, 15) is 9.59 Å². The van der Waals surface area contributed by atoms with Crippen molar-refractivity contribution >= 4 is 12.1 Å². The SMILES string of the molecule is CCOC(=O)N1CCc2nnc(-n3ccc(C(=O)O)n3)cc2C1. The lowest BCUT2D eigenvalue weighted by Gasteiger charge is -2.27. The first-order chi connectivity index (χ1) is 11.1. The fraction of sp³-hybridized carbons (Fsp3) is 0.357. The minimum absolute atomic E-state index is 0.0716. The molecule has 0 fully saturated rings. The summed E-state index contributed by atoms with van der Waals surface area (Å²) < 4.78 is 6.36. The average Bonchev–Trinajstić information content (AvgIpc) is 3.04. The van der Waals surface area contributed by atoms with Crippen LogP contribution in [0.15, 0.2) is 18.3 Å². The Hall–Kier alpha value is -2.97. The number of carboxylic acid groups (broad SMARTS) is 1. The molecule has 0 saturated heterocycles. The van der Waals surface area contributed by atoms with E-state index >= 15 is 0 Å². The highest BCUT2D eigenvalue weighted by Gasteiger charge is 2.23. The number of carbonyl (C=O) groups is 2. The van der Waals surface area contributed by atoms with Gasteiger partial charge in [0.15, 0.2) is 11.5 Å². The molecule has 2 aromatic heterocycles. The monoisotopic (exact) mass is 317 g/mol. The number of carboxylic acids is 1. The molecule has 9 nitrogen and oxygen atoms in total. The van der Waals surface area contributed by atoms with Crippen LogP contribution in [0.5, 0.6) is 0 Å². The highest BCUT2D eigenvalue weighted by atomic mass is 16.6. The Morgan fingerprint density at radius 2 is 2.22 bits per heavy atom. The molecule has 1 amide bonds. The summed E-state index contributed by atoms with van der Waals surface area (Å²) in [6, 6.07) is 3.14. The van der Waals surface area contributed by atoms with Crippen LogP contribution in [0.3, 0.4) is 0 Å². The zero-order valence-corrected chi connectivity index (χ0v) is 12.5. The molecule has 120 valence electrons. The molecule has 0 bridgehead atoms. The van der Waals surface area contributed by atoms with Gasteiger partial charge in [0.2, 0.25) is 0 Å². The molecule has 1 aliphatic heterocycles. The van der Waals surface area contributed by atoms with E-state index in [1.165, 1.54) is 16.9 Å². The van der Waals surface area contributed by atoms with Crippen molar-refractivity contribution in [3.8, 4) is 5.82 Å². The first-order valence-corrected chi connectivity index (χ1v) is 7.15. The van der Waals surface area contributed by atoms with Gasteiger partial charge in [-0.2, -0.15) is 10.2 Å². The maximum Gasteiger partial charge on any atom is 0.410 e. The zero-order chi connectivity index (χ0) is 16.4. The number of amides is 1. The fourth-order valence-corrected chi connectivity index (χ4v) is 2.36. The van der Waals surface area contributed by atoms with Gasteiger partial charge in [-0.05, 0) is 24.6 Å². The smallest absolute Gasteiger partial charge is 0.410 e. The second-order valence-electron chi connectivity index (χ2n) is 5.00. The van der Waals surface area contributed by atoms with Gasteiger partial charge in [-0.3, -0.25) is 0 Å². The number of nitrogens with zero attached hydrogens (tertiary/aromatic N) is 5. The highest BCUT2D eigenvalue weighted by Crippen LogP contribution is 2.19. The zero-order valence-electron chi connectivity index (χ0n) is 12.5. The van der Waals surface area contributed by atoms with E-state index in [1.807, 2.05) is 0 Å². The van der Waals surface area contributed by atoms with Crippen LogP contribution in [0.4, 0.5) is 4.79 Å². The number of hydrogen-bond acceptors (Lipinski definition) is 6. The Morgan fingerprint density at radius 3 is 2.91 bits per heavy atom. The molecule has 0 aromatic carbocycles. The Kier molecular flexibility index (Phi) is 3.92. The summed E-state index contributed by atoms with van der Waals surface area (Å²) in [5.41, 5.74) is 1.60. The summed E-state index contributed by atoms with van der Waals surface area (Å²) in [6.07, 6.45) is 1.75. The van der Waals surface area contributed by atoms with Crippen LogP contribution in [0.25, 0.3) is 5.82 Å². The molecule has 23 heavy (non-hydrogen) atoms. The van der Waals surface area contributed by atoms with Crippen LogP contribution in [0.2, 0.25) is 0 Å². The van der Waals surface area contributed by atoms with Crippen molar-refractivity contribution in [2.24, 2.45) is 0 Å². The summed E-state index contributed by atoms with van der Waals surface area (Å²) in [5.74, 6) is -0.704. The molecule has 0 saturated carbocycles. The van der Waals surface area contributed by atoms with Crippen LogP contribution >= 0.6 is 0 Å². The summed E-state index contributed by atoms with van der Waals surface area (Å²) >= 11 is 0. The van der Waals surface area contributed by atoms with Gasteiger partial charge in [0.1, 0.15) is 0 Å². The highest BCUT2D eigenvalue weighted by molar-refractivity contribution is 5.85. The third-order valence-corrected chi connectivity index (χ3v) is 3.50. The largest absolute Gasteiger partial charge is 0.476 e. The van der Waals surface area contributed by atoms with Crippen LogP contribution in [0.1, 0.15) is 28.7 Å². The van der Waals surface area contributed by atoms with E-state index in [1.54, 1.807) is 17.9 Å². The molecule has 0 unspecified atom stereocenters. The molecule has 1 N–H and O–H groups in total. The fourth-order valence-electron chi connectivity index (χ4n) is 2.36.